The average molecular weight is 210 g/mol. The summed E-state index contributed by atoms with van der Waals surface area (Å²) < 4.78 is 9.30. The van der Waals surface area contributed by atoms with Crippen LogP contribution in [0.25, 0.3) is 0 Å². The summed E-state index contributed by atoms with van der Waals surface area (Å²) in [5.74, 6) is -1.33. The Kier molecular flexibility index (Phi) is 6.32. The van der Waals surface area contributed by atoms with E-state index >= 15 is 0 Å². The van der Waals surface area contributed by atoms with Crippen LogP contribution in [0.15, 0.2) is 0 Å². The van der Waals surface area contributed by atoms with Crippen molar-refractivity contribution < 1.29 is 19.1 Å². The van der Waals surface area contributed by atoms with E-state index in [1.54, 1.807) is 12.1 Å². The highest BCUT2D eigenvalue weighted by Crippen LogP contribution is 1.96. The molecule has 0 heterocycles. The number of hydrogen-bond acceptors (Lipinski definition) is 6. The highest BCUT2D eigenvalue weighted by molar-refractivity contribution is 5.72. The maximum absolute atomic E-state index is 10.8. The van der Waals surface area contributed by atoms with Crippen molar-refractivity contribution in [3.8, 4) is 12.1 Å². The first-order valence-electron chi connectivity index (χ1n) is 4.19. The van der Waals surface area contributed by atoms with Gasteiger partial charge in [-0.25, -0.2) is 0 Å². The molecule has 0 rings (SSSR count). The van der Waals surface area contributed by atoms with Gasteiger partial charge in [0.2, 0.25) is 0 Å². The third-order valence-electron chi connectivity index (χ3n) is 1.26. The van der Waals surface area contributed by atoms with Gasteiger partial charge in [-0.15, -0.1) is 0 Å². The number of rotatable bonds is 5. The molecule has 0 aromatic carbocycles. The molecule has 1 unspecified atom stereocenters. The zero-order valence-corrected chi connectivity index (χ0v) is 8.23. The molecular formula is C9H10N2O4. The fourth-order valence-electron chi connectivity index (χ4n) is 0.691. The minimum atomic E-state index is -0.666. The van der Waals surface area contributed by atoms with E-state index in [0.29, 0.717) is 0 Å². The molecule has 0 aliphatic rings. The Balaban J connectivity index is 3.72. The molecule has 0 bridgehead atoms. The molecule has 15 heavy (non-hydrogen) atoms. The van der Waals surface area contributed by atoms with Crippen LogP contribution in [0.5, 0.6) is 0 Å². The van der Waals surface area contributed by atoms with E-state index in [4.69, 9.17) is 15.3 Å². The predicted molar refractivity (Wildman–Crippen MR) is 47.0 cm³/mol. The minimum absolute atomic E-state index is 0.113. The lowest BCUT2D eigenvalue weighted by Gasteiger charge is -2.11. The van der Waals surface area contributed by atoms with Crippen molar-refractivity contribution in [1.82, 2.24) is 0 Å². The Morgan fingerprint density at radius 3 is 2.27 bits per heavy atom. The Morgan fingerprint density at radius 2 is 1.73 bits per heavy atom. The second-order valence-corrected chi connectivity index (χ2v) is 2.65. The molecule has 6 heteroatoms. The highest BCUT2D eigenvalue weighted by Gasteiger charge is 2.11. The van der Waals surface area contributed by atoms with Crippen molar-refractivity contribution in [1.29, 1.82) is 10.5 Å². The molecule has 0 radical (unpaired) electrons. The molecule has 0 aromatic heterocycles. The van der Waals surface area contributed by atoms with Crippen molar-refractivity contribution in [2.45, 2.75) is 25.9 Å². The smallest absolute Gasteiger partial charge is 0.320 e. The number of carbonyl (C=O) groups excluding carboxylic acids is 2. The van der Waals surface area contributed by atoms with Crippen LogP contribution in [0, 0.1) is 22.7 Å². The van der Waals surface area contributed by atoms with Gasteiger partial charge in [-0.1, -0.05) is 0 Å². The van der Waals surface area contributed by atoms with Gasteiger partial charge in [-0.3, -0.25) is 9.59 Å². The second kappa shape index (κ2) is 7.34. The van der Waals surface area contributed by atoms with Gasteiger partial charge in [-0.05, 0) is 6.92 Å². The van der Waals surface area contributed by atoms with Gasteiger partial charge in [0.15, 0.2) is 0 Å². The lowest BCUT2D eigenvalue weighted by atomic mass is 10.4. The number of hydrogen-bond donors (Lipinski definition) is 0. The standard InChI is InChI=1S/C9H10N2O4/c1-7(15-9(13)3-5-11)6-14-8(12)2-4-10/h7H,2-3,6H2,1H3. The molecule has 0 N–H and O–H groups in total. The Labute approximate surface area is 87.0 Å². The van der Waals surface area contributed by atoms with Crippen LogP contribution in [0.4, 0.5) is 0 Å². The molecule has 0 spiro atoms. The average Bonchev–Trinajstić information content (AvgIpc) is 2.15. The number of nitriles is 2. The molecule has 0 aliphatic carbocycles. The maximum atomic E-state index is 10.8. The van der Waals surface area contributed by atoms with Crippen molar-refractivity contribution in [3.63, 3.8) is 0 Å². The van der Waals surface area contributed by atoms with Gasteiger partial charge in [0, 0.05) is 0 Å². The van der Waals surface area contributed by atoms with E-state index in [1.807, 2.05) is 0 Å². The number of ether oxygens (including phenoxy) is 2. The highest BCUT2D eigenvalue weighted by atomic mass is 16.6. The molecular weight excluding hydrogens is 200 g/mol. The van der Waals surface area contributed by atoms with Crippen molar-refractivity contribution in [2.24, 2.45) is 0 Å². The van der Waals surface area contributed by atoms with Gasteiger partial charge < -0.3 is 9.47 Å². The molecule has 1 atom stereocenters. The fraction of sp³-hybridized carbons (Fsp3) is 0.556. The first-order chi connectivity index (χ1) is 7.10. The topological polar surface area (TPSA) is 100 Å². The monoisotopic (exact) mass is 210 g/mol. The van der Waals surface area contributed by atoms with Gasteiger partial charge in [0.1, 0.15) is 25.6 Å². The van der Waals surface area contributed by atoms with E-state index < -0.39 is 18.0 Å². The van der Waals surface area contributed by atoms with Gasteiger partial charge >= 0.3 is 11.9 Å². The molecule has 80 valence electrons. The fourth-order valence-corrected chi connectivity index (χ4v) is 0.691. The zero-order chi connectivity index (χ0) is 11.7. The van der Waals surface area contributed by atoms with Crippen molar-refractivity contribution in [2.75, 3.05) is 6.61 Å². The predicted octanol–water partition coefficient (Wildman–Crippen LogP) is 0.289. The first-order valence-corrected chi connectivity index (χ1v) is 4.19. The van der Waals surface area contributed by atoms with E-state index in [1.165, 1.54) is 6.92 Å². The summed E-state index contributed by atoms with van der Waals surface area (Å²) in [4.78, 5) is 21.5. The molecule has 0 amide bonds. The molecule has 0 aromatic rings. The molecule has 0 saturated carbocycles. The summed E-state index contributed by atoms with van der Waals surface area (Å²) in [6.45, 7) is 1.41. The van der Waals surface area contributed by atoms with E-state index in [2.05, 4.69) is 4.74 Å². The maximum Gasteiger partial charge on any atom is 0.320 e. The van der Waals surface area contributed by atoms with Crippen LogP contribution in [0.2, 0.25) is 0 Å². The van der Waals surface area contributed by atoms with Crippen LogP contribution < -0.4 is 0 Å². The summed E-state index contributed by atoms with van der Waals surface area (Å²) in [6.07, 6.45) is -1.29. The SMILES string of the molecule is CC(COC(=O)CC#N)OC(=O)CC#N. The third-order valence-corrected chi connectivity index (χ3v) is 1.26. The zero-order valence-electron chi connectivity index (χ0n) is 8.23. The molecule has 6 nitrogen and oxygen atoms in total. The number of esters is 2. The molecule has 0 fully saturated rings. The normalized spacial score (nSPS) is 10.6. The third kappa shape index (κ3) is 7.03. The van der Waals surface area contributed by atoms with Gasteiger partial charge in [0.25, 0.3) is 0 Å². The van der Waals surface area contributed by atoms with Crippen LogP contribution in [0.3, 0.4) is 0 Å². The largest absolute Gasteiger partial charge is 0.461 e. The lowest BCUT2D eigenvalue weighted by Crippen LogP contribution is -2.21. The Morgan fingerprint density at radius 1 is 1.20 bits per heavy atom. The van der Waals surface area contributed by atoms with Crippen molar-refractivity contribution >= 4 is 11.9 Å². The summed E-state index contributed by atoms with van der Waals surface area (Å²) in [7, 11) is 0. The minimum Gasteiger partial charge on any atom is -0.461 e. The molecule has 0 saturated heterocycles. The van der Waals surface area contributed by atoms with Gasteiger partial charge in [0.05, 0.1) is 12.1 Å². The number of nitrogens with zero attached hydrogens (tertiary/aromatic N) is 2. The summed E-state index contributed by atoms with van der Waals surface area (Å²) in [6, 6.07) is 3.26. The van der Waals surface area contributed by atoms with Gasteiger partial charge in [-0.2, -0.15) is 10.5 Å². The number of carbonyl (C=O) groups is 2. The molecule has 0 aliphatic heterocycles. The second-order valence-electron chi connectivity index (χ2n) is 2.65. The summed E-state index contributed by atoms with van der Waals surface area (Å²) in [5.41, 5.74) is 0. The summed E-state index contributed by atoms with van der Waals surface area (Å²) in [5, 5.41) is 16.3. The van der Waals surface area contributed by atoms with Crippen LogP contribution in [-0.4, -0.2) is 24.6 Å². The van der Waals surface area contributed by atoms with Crippen LogP contribution in [-0.2, 0) is 19.1 Å². The summed E-state index contributed by atoms with van der Waals surface area (Å²) >= 11 is 0. The van der Waals surface area contributed by atoms with Crippen molar-refractivity contribution in [3.05, 3.63) is 0 Å². The van der Waals surface area contributed by atoms with Crippen LogP contribution >= 0.6 is 0 Å². The lowest BCUT2D eigenvalue weighted by molar-refractivity contribution is -0.156. The Hall–Kier alpha value is -2.08. The van der Waals surface area contributed by atoms with Crippen LogP contribution in [0.1, 0.15) is 19.8 Å². The Bertz CT molecular complexity index is 313. The quantitative estimate of drug-likeness (QED) is 0.604. The van der Waals surface area contributed by atoms with E-state index in [-0.39, 0.29) is 19.4 Å². The van der Waals surface area contributed by atoms with E-state index in [9.17, 15) is 9.59 Å². The van der Waals surface area contributed by atoms with E-state index in [0.717, 1.165) is 0 Å². The first kappa shape index (κ1) is 12.9.